The Bertz CT molecular complexity index is 336. The van der Waals surface area contributed by atoms with Gasteiger partial charge in [0.15, 0.2) is 6.29 Å². The summed E-state index contributed by atoms with van der Waals surface area (Å²) in [5.74, 6) is -0.509. The van der Waals surface area contributed by atoms with Crippen molar-refractivity contribution in [2.45, 2.75) is 0 Å². The zero-order valence-corrected chi connectivity index (χ0v) is 6.17. The Morgan fingerprint density at radius 2 is 2.25 bits per heavy atom. The molecule has 1 aromatic rings. The van der Waals surface area contributed by atoms with Crippen LogP contribution in [0.1, 0.15) is 5.56 Å². The average molecular weight is 166 g/mol. The fourth-order valence-electron chi connectivity index (χ4n) is 0.825. The number of rotatable bonds is 2. The summed E-state index contributed by atoms with van der Waals surface area (Å²) in [6.45, 7) is 0. The van der Waals surface area contributed by atoms with Gasteiger partial charge in [0.25, 0.3) is 0 Å². The van der Waals surface area contributed by atoms with Crippen LogP contribution in [0.4, 0.5) is 10.1 Å². The van der Waals surface area contributed by atoms with E-state index in [9.17, 15) is 9.18 Å². The van der Waals surface area contributed by atoms with E-state index in [-0.39, 0.29) is 17.0 Å². The van der Waals surface area contributed by atoms with Crippen LogP contribution in [0.2, 0.25) is 0 Å². The second-order valence-corrected chi connectivity index (χ2v) is 2.26. The van der Waals surface area contributed by atoms with E-state index in [1.54, 1.807) is 0 Å². The van der Waals surface area contributed by atoms with Crippen molar-refractivity contribution < 1.29 is 9.18 Å². The third-order valence-corrected chi connectivity index (χ3v) is 1.42. The van der Waals surface area contributed by atoms with Gasteiger partial charge in [0.2, 0.25) is 0 Å². The highest BCUT2D eigenvalue weighted by Crippen LogP contribution is 2.12. The molecule has 0 unspecified atom stereocenters. The zero-order chi connectivity index (χ0) is 9.14. The van der Waals surface area contributed by atoms with E-state index in [1.165, 1.54) is 12.1 Å². The number of hydrogen-bond acceptors (Lipinski definition) is 3. The van der Waals surface area contributed by atoms with Gasteiger partial charge >= 0.3 is 0 Å². The van der Waals surface area contributed by atoms with E-state index in [0.717, 1.165) is 6.07 Å². The van der Waals surface area contributed by atoms with E-state index in [2.05, 4.69) is 0 Å². The molecule has 0 amide bonds. The molecule has 3 N–H and O–H groups in total. The van der Waals surface area contributed by atoms with Gasteiger partial charge in [-0.15, -0.1) is 0 Å². The first kappa shape index (κ1) is 8.39. The lowest BCUT2D eigenvalue weighted by molar-refractivity contribution is -0.102. The van der Waals surface area contributed by atoms with Gasteiger partial charge < -0.3 is 5.73 Å². The molecule has 0 aliphatic heterocycles. The average Bonchev–Trinajstić information content (AvgIpc) is 2.08. The molecule has 12 heavy (non-hydrogen) atoms. The Morgan fingerprint density at radius 3 is 2.83 bits per heavy atom. The molecule has 0 spiro atoms. The predicted octanol–water partition coefficient (Wildman–Crippen LogP) is 0.975. The molecular weight excluding hydrogens is 159 g/mol. The smallest absolute Gasteiger partial charge is 0.168 e. The Hall–Kier alpha value is -1.71. The number of anilines is 1. The molecule has 1 rings (SSSR count). The lowest BCUT2D eigenvalue weighted by Crippen LogP contribution is -2.04. The summed E-state index contributed by atoms with van der Waals surface area (Å²) < 4.78 is 12.6. The van der Waals surface area contributed by atoms with Gasteiger partial charge in [-0.05, 0) is 18.2 Å². The summed E-state index contributed by atoms with van der Waals surface area (Å²) in [7, 11) is 0. The largest absolute Gasteiger partial charge is 0.398 e. The van der Waals surface area contributed by atoms with Crippen LogP contribution in [0.3, 0.4) is 0 Å². The van der Waals surface area contributed by atoms with Crippen molar-refractivity contribution in [1.82, 2.24) is 0 Å². The third kappa shape index (κ3) is 1.47. The number of carbonyl (C=O) groups excluding carboxylic acids is 1. The van der Waals surface area contributed by atoms with Crippen molar-refractivity contribution in [3.05, 3.63) is 29.6 Å². The van der Waals surface area contributed by atoms with Crippen molar-refractivity contribution in [3.63, 3.8) is 0 Å². The van der Waals surface area contributed by atoms with Gasteiger partial charge in [0, 0.05) is 11.3 Å². The molecule has 0 aromatic heterocycles. The first-order chi connectivity index (χ1) is 5.65. The number of aldehydes is 1. The molecule has 0 aliphatic carbocycles. The molecule has 62 valence electrons. The number of nitrogen functional groups attached to an aromatic ring is 1. The quantitative estimate of drug-likeness (QED) is 0.390. The minimum Gasteiger partial charge on any atom is -0.398 e. The van der Waals surface area contributed by atoms with Gasteiger partial charge in [-0.3, -0.25) is 10.2 Å². The molecule has 0 heterocycles. The van der Waals surface area contributed by atoms with Crippen LogP contribution < -0.4 is 5.73 Å². The first-order valence-electron chi connectivity index (χ1n) is 3.24. The Kier molecular flexibility index (Phi) is 2.19. The van der Waals surface area contributed by atoms with E-state index in [4.69, 9.17) is 11.1 Å². The standard InChI is InChI=1S/C8H7FN2O/c9-5-1-2-7(10)6(3-5)8(11)4-12/h1-4,11H,10H2. The fraction of sp³-hybridized carbons (Fsp3) is 0. The molecule has 0 aliphatic rings. The Labute approximate surface area is 68.5 Å². The van der Waals surface area contributed by atoms with Gasteiger partial charge in [0.05, 0.1) is 0 Å². The minimum absolute atomic E-state index is 0.130. The summed E-state index contributed by atoms with van der Waals surface area (Å²) in [6, 6.07) is 3.56. The first-order valence-corrected chi connectivity index (χ1v) is 3.24. The summed E-state index contributed by atoms with van der Waals surface area (Å²) in [5, 5.41) is 7.10. The molecule has 0 atom stereocenters. The van der Waals surface area contributed by atoms with Crippen LogP contribution in [0.5, 0.6) is 0 Å². The van der Waals surface area contributed by atoms with Crippen LogP contribution in [0.25, 0.3) is 0 Å². The van der Waals surface area contributed by atoms with E-state index in [0.29, 0.717) is 6.29 Å². The fourth-order valence-corrected chi connectivity index (χ4v) is 0.825. The van der Waals surface area contributed by atoms with Crippen LogP contribution in [-0.4, -0.2) is 12.0 Å². The Morgan fingerprint density at radius 1 is 1.58 bits per heavy atom. The summed E-state index contributed by atoms with van der Waals surface area (Å²) in [5.41, 5.74) is 5.45. The van der Waals surface area contributed by atoms with E-state index in [1.807, 2.05) is 0 Å². The van der Waals surface area contributed by atoms with Crippen molar-refractivity contribution in [3.8, 4) is 0 Å². The molecule has 0 saturated carbocycles. The number of benzene rings is 1. The maximum atomic E-state index is 12.6. The number of hydrogen-bond donors (Lipinski definition) is 2. The van der Waals surface area contributed by atoms with Crippen molar-refractivity contribution in [2.24, 2.45) is 0 Å². The zero-order valence-electron chi connectivity index (χ0n) is 6.17. The second kappa shape index (κ2) is 3.13. The highest BCUT2D eigenvalue weighted by Gasteiger charge is 2.05. The monoisotopic (exact) mass is 166 g/mol. The number of nitrogens with one attached hydrogen (secondary N) is 1. The summed E-state index contributed by atoms with van der Waals surface area (Å²) >= 11 is 0. The molecule has 0 saturated heterocycles. The Balaban J connectivity index is 3.22. The predicted molar refractivity (Wildman–Crippen MR) is 43.7 cm³/mol. The van der Waals surface area contributed by atoms with Crippen molar-refractivity contribution in [2.75, 3.05) is 5.73 Å². The van der Waals surface area contributed by atoms with Crippen LogP contribution in [-0.2, 0) is 4.79 Å². The normalized spacial score (nSPS) is 9.42. The van der Waals surface area contributed by atoms with Gasteiger partial charge in [-0.2, -0.15) is 0 Å². The van der Waals surface area contributed by atoms with Crippen LogP contribution >= 0.6 is 0 Å². The molecule has 3 nitrogen and oxygen atoms in total. The molecule has 1 aromatic carbocycles. The third-order valence-electron chi connectivity index (χ3n) is 1.42. The highest BCUT2D eigenvalue weighted by molar-refractivity contribution is 6.36. The second-order valence-electron chi connectivity index (χ2n) is 2.26. The number of carbonyl (C=O) groups is 1. The van der Waals surface area contributed by atoms with E-state index >= 15 is 0 Å². The summed E-state index contributed by atoms with van der Waals surface area (Å²) in [6.07, 6.45) is 0.325. The van der Waals surface area contributed by atoms with Crippen LogP contribution in [0, 0.1) is 11.2 Å². The molecule has 0 fully saturated rings. The molecular formula is C8H7FN2O. The number of halogens is 1. The highest BCUT2D eigenvalue weighted by atomic mass is 19.1. The van der Waals surface area contributed by atoms with Gasteiger partial charge in [-0.25, -0.2) is 4.39 Å². The lowest BCUT2D eigenvalue weighted by Gasteiger charge is -2.01. The minimum atomic E-state index is -0.509. The molecule has 0 bridgehead atoms. The van der Waals surface area contributed by atoms with E-state index < -0.39 is 5.82 Å². The van der Waals surface area contributed by atoms with Crippen molar-refractivity contribution >= 4 is 17.7 Å². The molecule has 4 heteroatoms. The lowest BCUT2D eigenvalue weighted by atomic mass is 10.1. The summed E-state index contributed by atoms with van der Waals surface area (Å²) in [4.78, 5) is 10.2. The van der Waals surface area contributed by atoms with Crippen molar-refractivity contribution in [1.29, 1.82) is 5.41 Å². The number of nitrogens with two attached hydrogens (primary N) is 1. The topological polar surface area (TPSA) is 66.9 Å². The molecule has 0 radical (unpaired) electrons. The van der Waals surface area contributed by atoms with Crippen LogP contribution in [0.15, 0.2) is 18.2 Å². The van der Waals surface area contributed by atoms with Gasteiger partial charge in [-0.1, -0.05) is 0 Å². The maximum Gasteiger partial charge on any atom is 0.168 e. The maximum absolute atomic E-state index is 12.6. The van der Waals surface area contributed by atoms with Gasteiger partial charge in [0.1, 0.15) is 11.5 Å². The SMILES string of the molecule is N=C(C=O)c1cc(F)ccc1N.